The first-order valence-electron chi connectivity index (χ1n) is 5.04. The highest BCUT2D eigenvalue weighted by Crippen LogP contribution is 2.61. The van der Waals surface area contributed by atoms with E-state index in [0.717, 1.165) is 11.7 Å². The monoisotopic (exact) mass is 175 g/mol. The van der Waals surface area contributed by atoms with Gasteiger partial charge in [0.05, 0.1) is 0 Å². The molecule has 0 radical (unpaired) electrons. The number of aromatic nitrogens is 3. The molecule has 13 heavy (non-hydrogen) atoms. The summed E-state index contributed by atoms with van der Waals surface area (Å²) in [7, 11) is 0. The van der Waals surface area contributed by atoms with Crippen LogP contribution in [0.3, 0.4) is 0 Å². The highest BCUT2D eigenvalue weighted by molar-refractivity contribution is 5.22. The van der Waals surface area contributed by atoms with Gasteiger partial charge in [0.25, 0.3) is 0 Å². The summed E-state index contributed by atoms with van der Waals surface area (Å²) in [5.74, 6) is 1.93. The van der Waals surface area contributed by atoms with Crippen molar-refractivity contribution >= 4 is 0 Å². The molecule has 0 bridgehead atoms. The first-order chi connectivity index (χ1) is 6.42. The van der Waals surface area contributed by atoms with E-state index in [1.54, 1.807) is 12.7 Å². The molecule has 0 spiro atoms. The van der Waals surface area contributed by atoms with Gasteiger partial charge in [-0.2, -0.15) is 0 Å². The topological polar surface area (TPSA) is 38.7 Å². The van der Waals surface area contributed by atoms with Crippen LogP contribution in [0, 0.1) is 5.92 Å². The summed E-state index contributed by atoms with van der Waals surface area (Å²) in [5.41, 5.74) is 0.376. The number of fused-ring (bicyclic) bond motifs is 1. The molecule has 1 aromatic rings. The lowest BCUT2D eigenvalue weighted by Crippen LogP contribution is -2.17. The van der Waals surface area contributed by atoms with Gasteiger partial charge >= 0.3 is 0 Å². The summed E-state index contributed by atoms with van der Waals surface area (Å²) < 4.78 is 0. The van der Waals surface area contributed by atoms with Gasteiger partial charge in [0.2, 0.25) is 0 Å². The Morgan fingerprint density at radius 3 is 2.85 bits per heavy atom. The molecule has 0 N–H and O–H groups in total. The third-order valence-corrected chi connectivity index (χ3v) is 3.60. The molecule has 2 fully saturated rings. The lowest BCUT2D eigenvalue weighted by Gasteiger charge is -2.19. The van der Waals surface area contributed by atoms with Crippen molar-refractivity contribution in [2.24, 2.45) is 5.92 Å². The minimum atomic E-state index is 0.376. The molecule has 2 aliphatic carbocycles. The van der Waals surface area contributed by atoms with Crippen LogP contribution in [0.15, 0.2) is 12.7 Å². The lowest BCUT2D eigenvalue weighted by molar-refractivity contribution is 0.411. The van der Waals surface area contributed by atoms with Crippen molar-refractivity contribution in [2.75, 3.05) is 0 Å². The predicted molar refractivity (Wildman–Crippen MR) is 48.1 cm³/mol. The van der Waals surface area contributed by atoms with Crippen molar-refractivity contribution in [3.05, 3.63) is 18.5 Å². The molecule has 1 heterocycles. The van der Waals surface area contributed by atoms with Gasteiger partial charge in [0.15, 0.2) is 0 Å². The van der Waals surface area contributed by atoms with E-state index in [2.05, 4.69) is 15.0 Å². The zero-order chi connectivity index (χ0) is 8.73. The van der Waals surface area contributed by atoms with Crippen LogP contribution in [0.2, 0.25) is 0 Å². The molecule has 68 valence electrons. The molecular weight excluding hydrogens is 162 g/mol. The molecule has 0 aromatic carbocycles. The summed E-state index contributed by atoms with van der Waals surface area (Å²) in [6.45, 7) is 0. The lowest BCUT2D eigenvalue weighted by atomic mass is 9.88. The summed E-state index contributed by atoms with van der Waals surface area (Å²) in [5, 5.41) is 0. The van der Waals surface area contributed by atoms with Crippen LogP contribution in [-0.4, -0.2) is 15.0 Å². The van der Waals surface area contributed by atoms with E-state index in [4.69, 9.17) is 0 Å². The summed E-state index contributed by atoms with van der Waals surface area (Å²) in [6, 6.07) is 0. The van der Waals surface area contributed by atoms with Crippen LogP contribution in [0.1, 0.15) is 37.9 Å². The van der Waals surface area contributed by atoms with Crippen molar-refractivity contribution in [1.29, 1.82) is 0 Å². The number of hydrogen-bond donors (Lipinski definition) is 0. The van der Waals surface area contributed by atoms with E-state index in [9.17, 15) is 0 Å². The van der Waals surface area contributed by atoms with E-state index in [0.29, 0.717) is 5.41 Å². The van der Waals surface area contributed by atoms with E-state index >= 15 is 0 Å². The van der Waals surface area contributed by atoms with Gasteiger partial charge in [-0.3, -0.25) is 0 Å². The quantitative estimate of drug-likeness (QED) is 0.652. The van der Waals surface area contributed by atoms with Gasteiger partial charge in [-0.05, 0) is 25.2 Å². The van der Waals surface area contributed by atoms with Gasteiger partial charge in [-0.15, -0.1) is 0 Å². The summed E-state index contributed by atoms with van der Waals surface area (Å²) >= 11 is 0. The smallest absolute Gasteiger partial charge is 0.138 e. The minimum Gasteiger partial charge on any atom is -0.225 e. The van der Waals surface area contributed by atoms with Crippen LogP contribution in [0.5, 0.6) is 0 Å². The normalized spacial score (nSPS) is 36.8. The molecule has 0 saturated heterocycles. The third-order valence-electron chi connectivity index (χ3n) is 3.60. The number of hydrogen-bond acceptors (Lipinski definition) is 3. The molecule has 3 rings (SSSR count). The fourth-order valence-electron chi connectivity index (χ4n) is 2.78. The average Bonchev–Trinajstić information content (AvgIpc) is 2.94. The predicted octanol–water partition coefficient (Wildman–Crippen LogP) is 1.70. The standard InChI is InChI=1S/C10H13N3/c1-2-4-10(5-8(10)3-1)9-12-6-11-7-13-9/h6-8H,1-5H2/t8-,10?/m1/s1. The minimum absolute atomic E-state index is 0.376. The van der Waals surface area contributed by atoms with Crippen molar-refractivity contribution < 1.29 is 0 Å². The Hall–Kier alpha value is -0.990. The van der Waals surface area contributed by atoms with Gasteiger partial charge in [0, 0.05) is 5.41 Å². The SMILES string of the molecule is c1ncnc(C23CCCC[C@@H]2C3)n1. The van der Waals surface area contributed by atoms with Crippen LogP contribution in [0.4, 0.5) is 0 Å². The third kappa shape index (κ3) is 0.992. The highest BCUT2D eigenvalue weighted by atomic mass is 15.0. The summed E-state index contributed by atoms with van der Waals surface area (Å²) in [6.07, 6.45) is 9.99. The van der Waals surface area contributed by atoms with Crippen molar-refractivity contribution in [3.8, 4) is 0 Å². The van der Waals surface area contributed by atoms with Crippen molar-refractivity contribution in [3.63, 3.8) is 0 Å². The van der Waals surface area contributed by atoms with Crippen LogP contribution in [0.25, 0.3) is 0 Å². The Balaban J connectivity index is 1.94. The van der Waals surface area contributed by atoms with Gasteiger partial charge in [0.1, 0.15) is 18.5 Å². The van der Waals surface area contributed by atoms with Crippen LogP contribution in [-0.2, 0) is 5.41 Å². The maximum atomic E-state index is 4.29. The average molecular weight is 175 g/mol. The zero-order valence-corrected chi connectivity index (χ0v) is 7.61. The van der Waals surface area contributed by atoms with E-state index in [1.165, 1.54) is 32.1 Å². The van der Waals surface area contributed by atoms with E-state index in [1.807, 2.05) is 0 Å². The van der Waals surface area contributed by atoms with Gasteiger partial charge in [-0.1, -0.05) is 12.8 Å². The fraction of sp³-hybridized carbons (Fsp3) is 0.700. The zero-order valence-electron chi connectivity index (χ0n) is 7.61. The molecule has 0 aliphatic heterocycles. The van der Waals surface area contributed by atoms with Crippen LogP contribution >= 0.6 is 0 Å². The van der Waals surface area contributed by atoms with E-state index in [-0.39, 0.29) is 0 Å². The Labute approximate surface area is 77.6 Å². The molecule has 2 saturated carbocycles. The molecule has 0 amide bonds. The second-order valence-electron chi connectivity index (χ2n) is 4.26. The highest BCUT2D eigenvalue weighted by Gasteiger charge is 2.57. The van der Waals surface area contributed by atoms with Crippen LogP contribution < -0.4 is 0 Å². The largest absolute Gasteiger partial charge is 0.225 e. The first-order valence-corrected chi connectivity index (χ1v) is 5.04. The molecule has 3 nitrogen and oxygen atoms in total. The molecule has 2 atom stereocenters. The second-order valence-corrected chi connectivity index (χ2v) is 4.26. The van der Waals surface area contributed by atoms with E-state index < -0.39 is 0 Å². The maximum Gasteiger partial charge on any atom is 0.138 e. The fourth-order valence-corrected chi connectivity index (χ4v) is 2.78. The summed E-state index contributed by atoms with van der Waals surface area (Å²) in [4.78, 5) is 12.5. The van der Waals surface area contributed by atoms with Crippen molar-refractivity contribution in [1.82, 2.24) is 15.0 Å². The van der Waals surface area contributed by atoms with Gasteiger partial charge < -0.3 is 0 Å². The number of nitrogens with zero attached hydrogens (tertiary/aromatic N) is 3. The molecular formula is C10H13N3. The first kappa shape index (κ1) is 7.42. The maximum absolute atomic E-state index is 4.29. The Morgan fingerprint density at radius 2 is 2.08 bits per heavy atom. The Bertz CT molecular complexity index is 311. The Kier molecular flexibility index (Phi) is 1.43. The second kappa shape index (κ2) is 2.50. The van der Waals surface area contributed by atoms with Gasteiger partial charge in [-0.25, -0.2) is 15.0 Å². The molecule has 1 aromatic heterocycles. The molecule has 3 heteroatoms. The Morgan fingerprint density at radius 1 is 1.23 bits per heavy atom. The molecule has 1 unspecified atom stereocenters. The van der Waals surface area contributed by atoms with Crippen molar-refractivity contribution in [2.45, 2.75) is 37.5 Å². The molecule has 2 aliphatic rings. The number of rotatable bonds is 1.